The van der Waals surface area contributed by atoms with Crippen LogP contribution >= 0.6 is 0 Å². The van der Waals surface area contributed by atoms with Crippen molar-refractivity contribution in [3.05, 3.63) is 0 Å². The Bertz CT molecular complexity index is 88.1. The molecule has 0 unspecified atom stereocenters. The molecule has 0 atom stereocenters. The van der Waals surface area contributed by atoms with Crippen LogP contribution in [0.3, 0.4) is 0 Å². The van der Waals surface area contributed by atoms with E-state index in [1.54, 1.807) is 6.92 Å². The van der Waals surface area contributed by atoms with E-state index < -0.39 is 0 Å². The summed E-state index contributed by atoms with van der Waals surface area (Å²) >= 11 is 0. The minimum absolute atomic E-state index is 0.211. The van der Waals surface area contributed by atoms with E-state index in [1.807, 2.05) is 0 Å². The normalized spacial score (nSPS) is 15.1. The zero-order chi connectivity index (χ0) is 8.53. The molecule has 0 N–H and O–H groups in total. The van der Waals surface area contributed by atoms with Gasteiger partial charge in [0.05, 0.1) is 6.61 Å². The van der Waals surface area contributed by atoms with Crippen molar-refractivity contribution in [1.82, 2.24) is 0 Å². The molecule has 11 heavy (non-hydrogen) atoms. The van der Waals surface area contributed by atoms with Crippen LogP contribution in [-0.4, -0.2) is 12.6 Å². The van der Waals surface area contributed by atoms with E-state index in [-0.39, 0.29) is 5.97 Å². The van der Waals surface area contributed by atoms with Crippen molar-refractivity contribution in [1.29, 1.82) is 0 Å². The highest BCUT2D eigenvalue weighted by Gasteiger charge is 1.95. The quantitative estimate of drug-likeness (QED) is 0.548. The van der Waals surface area contributed by atoms with Crippen LogP contribution in [0.25, 0.3) is 0 Å². The minimum atomic E-state index is -0.211. The average molecular weight is 158 g/mol. The summed E-state index contributed by atoms with van der Waals surface area (Å²) < 4.78 is 4.40. The molecule has 1 aliphatic carbocycles. The van der Waals surface area contributed by atoms with Gasteiger partial charge in [0, 0.05) is 6.92 Å². The first-order valence-corrected chi connectivity index (χ1v) is 4.40. The number of rotatable bonds is 1. The smallest absolute Gasteiger partial charge is 0.302 e. The summed E-state index contributed by atoms with van der Waals surface area (Å²) in [6, 6.07) is 0. The molecule has 0 saturated heterocycles. The van der Waals surface area contributed by atoms with E-state index in [0.717, 1.165) is 0 Å². The van der Waals surface area contributed by atoms with Crippen LogP contribution in [0, 0.1) is 0 Å². The van der Waals surface area contributed by atoms with Gasteiger partial charge in [0.25, 0.3) is 0 Å². The third-order valence-electron chi connectivity index (χ3n) is 1.60. The van der Waals surface area contributed by atoms with Crippen molar-refractivity contribution in [2.45, 2.75) is 46.0 Å². The summed E-state index contributed by atoms with van der Waals surface area (Å²) in [4.78, 5) is 9.82. The third kappa shape index (κ3) is 9.47. The first-order valence-electron chi connectivity index (χ1n) is 4.40. The predicted molar refractivity (Wildman–Crippen MR) is 45.4 cm³/mol. The Morgan fingerprint density at radius 2 is 1.55 bits per heavy atom. The number of ether oxygens (including phenoxy) is 1. The monoisotopic (exact) mass is 158 g/mol. The second kappa shape index (κ2) is 7.58. The number of hydrogen-bond donors (Lipinski definition) is 0. The van der Waals surface area contributed by atoms with Crippen molar-refractivity contribution >= 4 is 5.97 Å². The third-order valence-corrected chi connectivity index (χ3v) is 1.60. The number of carbonyl (C=O) groups excluding carboxylic acids is 1. The van der Waals surface area contributed by atoms with Gasteiger partial charge in [-0.25, -0.2) is 0 Å². The van der Waals surface area contributed by atoms with Gasteiger partial charge in [0.1, 0.15) is 0 Å². The Morgan fingerprint density at radius 3 is 1.64 bits per heavy atom. The highest BCUT2D eigenvalue weighted by Crippen LogP contribution is 2.15. The summed E-state index contributed by atoms with van der Waals surface area (Å²) in [6.45, 7) is 3.65. The molecule has 1 saturated carbocycles. The number of esters is 1. The van der Waals surface area contributed by atoms with Crippen molar-refractivity contribution in [2.24, 2.45) is 0 Å². The van der Waals surface area contributed by atoms with E-state index in [1.165, 1.54) is 39.0 Å². The molecule has 0 aromatic rings. The molecule has 0 aromatic heterocycles. The van der Waals surface area contributed by atoms with Crippen LogP contribution in [-0.2, 0) is 9.53 Å². The van der Waals surface area contributed by atoms with Crippen LogP contribution in [0.15, 0.2) is 0 Å². The van der Waals surface area contributed by atoms with E-state index in [0.29, 0.717) is 6.61 Å². The lowest BCUT2D eigenvalue weighted by molar-refractivity contribution is -0.140. The number of carbonyl (C=O) groups is 1. The van der Waals surface area contributed by atoms with Gasteiger partial charge in [-0.3, -0.25) is 4.79 Å². The largest absolute Gasteiger partial charge is 0.466 e. The van der Waals surface area contributed by atoms with Crippen molar-refractivity contribution in [3.8, 4) is 0 Å². The summed E-state index contributed by atoms with van der Waals surface area (Å²) in [7, 11) is 0. The summed E-state index contributed by atoms with van der Waals surface area (Å²) in [5.74, 6) is -0.211. The van der Waals surface area contributed by atoms with E-state index in [9.17, 15) is 4.79 Å². The standard InChI is InChI=1S/C5H10.C4H8O2/c1-2-4-5-3-1;1-3-6-4(2)5/h1-5H2;3H2,1-2H3. The van der Waals surface area contributed by atoms with Gasteiger partial charge in [0.15, 0.2) is 0 Å². The second-order valence-corrected chi connectivity index (χ2v) is 2.69. The number of hydrogen-bond acceptors (Lipinski definition) is 2. The fourth-order valence-corrected chi connectivity index (χ4v) is 1.09. The Hall–Kier alpha value is -0.530. The van der Waals surface area contributed by atoms with Crippen LogP contribution in [0.1, 0.15) is 46.0 Å². The highest BCUT2D eigenvalue weighted by molar-refractivity contribution is 5.65. The fourth-order valence-electron chi connectivity index (χ4n) is 1.09. The van der Waals surface area contributed by atoms with Gasteiger partial charge in [-0.05, 0) is 6.92 Å². The van der Waals surface area contributed by atoms with E-state index in [4.69, 9.17) is 0 Å². The maximum absolute atomic E-state index is 9.82. The molecular formula is C9H18O2. The molecule has 0 spiro atoms. The molecule has 2 nitrogen and oxygen atoms in total. The maximum Gasteiger partial charge on any atom is 0.302 e. The van der Waals surface area contributed by atoms with Crippen molar-refractivity contribution in [2.75, 3.05) is 6.61 Å². The van der Waals surface area contributed by atoms with Gasteiger partial charge in [-0.1, -0.05) is 32.1 Å². The molecule has 1 rings (SSSR count). The SMILES string of the molecule is C1CCCC1.CCOC(C)=O. The van der Waals surface area contributed by atoms with E-state index >= 15 is 0 Å². The zero-order valence-electron chi connectivity index (χ0n) is 7.56. The Labute approximate surface area is 68.9 Å². The van der Waals surface area contributed by atoms with Crippen molar-refractivity contribution in [3.63, 3.8) is 0 Å². The fraction of sp³-hybridized carbons (Fsp3) is 0.889. The molecular weight excluding hydrogens is 140 g/mol. The topological polar surface area (TPSA) is 26.3 Å². The van der Waals surface area contributed by atoms with Crippen LogP contribution in [0.4, 0.5) is 0 Å². The van der Waals surface area contributed by atoms with Crippen LogP contribution in [0.2, 0.25) is 0 Å². The molecule has 0 bridgehead atoms. The molecule has 1 aliphatic rings. The van der Waals surface area contributed by atoms with Gasteiger partial charge >= 0.3 is 5.97 Å². The maximum atomic E-state index is 9.82. The van der Waals surface area contributed by atoms with Crippen LogP contribution < -0.4 is 0 Å². The van der Waals surface area contributed by atoms with Gasteiger partial charge in [-0.15, -0.1) is 0 Å². The lowest BCUT2D eigenvalue weighted by atomic mass is 10.4. The van der Waals surface area contributed by atoms with E-state index in [2.05, 4.69) is 4.74 Å². The Balaban J connectivity index is 0.000000183. The first kappa shape index (κ1) is 10.5. The van der Waals surface area contributed by atoms with Crippen LogP contribution in [0.5, 0.6) is 0 Å². The molecule has 0 aromatic carbocycles. The molecule has 1 fully saturated rings. The molecule has 66 valence electrons. The first-order chi connectivity index (χ1) is 5.27. The predicted octanol–water partition coefficient (Wildman–Crippen LogP) is 2.52. The van der Waals surface area contributed by atoms with Gasteiger partial charge < -0.3 is 4.74 Å². The zero-order valence-corrected chi connectivity index (χ0v) is 7.56. The highest BCUT2D eigenvalue weighted by atomic mass is 16.5. The molecule has 0 radical (unpaired) electrons. The Morgan fingerprint density at radius 1 is 1.18 bits per heavy atom. The second-order valence-electron chi connectivity index (χ2n) is 2.69. The van der Waals surface area contributed by atoms with Gasteiger partial charge in [0.2, 0.25) is 0 Å². The average Bonchev–Trinajstić information content (AvgIpc) is 2.41. The molecule has 0 amide bonds. The minimum Gasteiger partial charge on any atom is -0.466 e. The lowest BCUT2D eigenvalue weighted by Gasteiger charge is -1.89. The summed E-state index contributed by atoms with van der Waals surface area (Å²) in [5, 5.41) is 0. The molecule has 0 heterocycles. The lowest BCUT2D eigenvalue weighted by Crippen LogP contribution is -1.95. The Kier molecular flexibility index (Phi) is 7.21. The summed E-state index contributed by atoms with van der Waals surface area (Å²) in [5.41, 5.74) is 0. The summed E-state index contributed by atoms with van der Waals surface area (Å²) in [6.07, 6.45) is 7.50. The van der Waals surface area contributed by atoms with Gasteiger partial charge in [-0.2, -0.15) is 0 Å². The molecule has 2 heteroatoms. The molecule has 0 aliphatic heterocycles. The van der Waals surface area contributed by atoms with Crippen molar-refractivity contribution < 1.29 is 9.53 Å².